The van der Waals surface area contributed by atoms with Crippen molar-refractivity contribution in [1.82, 2.24) is 9.61 Å². The van der Waals surface area contributed by atoms with Crippen LogP contribution in [0.5, 0.6) is 5.88 Å². The molecule has 0 saturated heterocycles. The van der Waals surface area contributed by atoms with E-state index in [4.69, 9.17) is 0 Å². The molecule has 0 amide bonds. The first-order valence-corrected chi connectivity index (χ1v) is 8.40. The molecule has 0 saturated carbocycles. The molecule has 2 aromatic heterocycles. The molecule has 0 spiro atoms. The van der Waals surface area contributed by atoms with E-state index < -0.39 is 0 Å². The van der Waals surface area contributed by atoms with E-state index in [0.29, 0.717) is 17.9 Å². The molecule has 0 aliphatic rings. The van der Waals surface area contributed by atoms with Crippen LogP contribution in [0.25, 0.3) is 16.9 Å². The third-order valence-electron chi connectivity index (χ3n) is 4.45. The van der Waals surface area contributed by atoms with E-state index in [1.807, 2.05) is 72.8 Å². The number of aromatic nitrogens is 3. The highest BCUT2D eigenvalue weighted by atomic mass is 16.3. The van der Waals surface area contributed by atoms with Gasteiger partial charge in [-0.15, -0.1) is 0 Å². The van der Waals surface area contributed by atoms with Gasteiger partial charge in [0.2, 0.25) is 0 Å². The van der Waals surface area contributed by atoms with Gasteiger partial charge in [0.05, 0.1) is 0 Å². The quantitative estimate of drug-likeness (QED) is 0.582. The number of benzene rings is 2. The van der Waals surface area contributed by atoms with E-state index in [1.54, 1.807) is 11.5 Å². The molecule has 0 unspecified atom stereocenters. The fourth-order valence-corrected chi connectivity index (χ4v) is 3.02. The van der Waals surface area contributed by atoms with Crippen LogP contribution in [-0.4, -0.2) is 14.7 Å². The first-order valence-electron chi connectivity index (χ1n) is 8.40. The van der Waals surface area contributed by atoms with Crippen molar-refractivity contribution in [3.63, 3.8) is 0 Å². The zero-order chi connectivity index (χ0) is 18.1. The summed E-state index contributed by atoms with van der Waals surface area (Å²) < 4.78 is 3.06. The van der Waals surface area contributed by atoms with Crippen LogP contribution in [0.2, 0.25) is 0 Å². The summed E-state index contributed by atoms with van der Waals surface area (Å²) in [6, 6.07) is 23.2. The number of hydrogen-bond donors (Lipinski definition) is 1. The number of fused-ring (bicyclic) bond motifs is 1. The van der Waals surface area contributed by atoms with Crippen LogP contribution >= 0.6 is 0 Å². The lowest BCUT2D eigenvalue weighted by Gasteiger charge is -2.08. The molecule has 26 heavy (non-hydrogen) atoms. The predicted octanol–water partition coefficient (Wildman–Crippen LogP) is 2.71. The highest BCUT2D eigenvalue weighted by Gasteiger charge is 2.23. The fraction of sp³-hybridized carbons (Fsp3) is 0.0952. The summed E-state index contributed by atoms with van der Waals surface area (Å²) in [6.07, 6.45) is 0. The summed E-state index contributed by atoms with van der Waals surface area (Å²) in [4.78, 5) is 12.7. The molecule has 128 valence electrons. The molecule has 0 aliphatic heterocycles. The fourth-order valence-electron chi connectivity index (χ4n) is 3.02. The van der Waals surface area contributed by atoms with Gasteiger partial charge in [-0.05, 0) is 18.6 Å². The van der Waals surface area contributed by atoms with Crippen molar-refractivity contribution in [2.75, 3.05) is 0 Å². The molecular weight excluding hydrogens is 326 g/mol. The Balaban J connectivity index is 1.94. The minimum atomic E-state index is -0.320. The molecule has 0 aliphatic carbocycles. The molecule has 0 atom stereocenters. The monoisotopic (exact) mass is 344 g/mol. The van der Waals surface area contributed by atoms with Crippen LogP contribution in [-0.2, 0) is 6.54 Å². The Morgan fingerprint density at radius 1 is 0.962 bits per heavy atom. The highest BCUT2D eigenvalue weighted by molar-refractivity contribution is 5.59. The van der Waals surface area contributed by atoms with Gasteiger partial charge in [-0.3, -0.25) is 0 Å². The topological polar surface area (TPSA) is 58.5 Å². The lowest BCUT2D eigenvalue weighted by Crippen LogP contribution is -2.42. The molecule has 1 N–H and O–H groups in total. The zero-order valence-corrected chi connectivity index (χ0v) is 14.3. The van der Waals surface area contributed by atoms with Crippen LogP contribution in [0, 0.1) is 6.92 Å². The second-order valence-electron chi connectivity index (χ2n) is 6.18. The Morgan fingerprint density at radius 2 is 1.62 bits per heavy atom. The van der Waals surface area contributed by atoms with Gasteiger partial charge in [0.1, 0.15) is 17.8 Å². The Hall–Kier alpha value is -3.47. The van der Waals surface area contributed by atoms with E-state index >= 15 is 0 Å². The van der Waals surface area contributed by atoms with Gasteiger partial charge in [0.15, 0.2) is 0 Å². The molecule has 0 radical (unpaired) electrons. The highest BCUT2D eigenvalue weighted by Crippen LogP contribution is 2.17. The summed E-state index contributed by atoms with van der Waals surface area (Å²) in [5.74, 6) is -0.0342. The van der Waals surface area contributed by atoms with Gasteiger partial charge in [-0.1, -0.05) is 70.3 Å². The predicted molar refractivity (Wildman–Crippen MR) is 99.0 cm³/mol. The summed E-state index contributed by atoms with van der Waals surface area (Å²) in [6.45, 7) is 2.06. The van der Waals surface area contributed by atoms with Crippen molar-refractivity contribution in [3.05, 3.63) is 94.3 Å². The average Bonchev–Trinajstić information content (AvgIpc) is 2.70. The Morgan fingerprint density at radius 3 is 2.31 bits per heavy atom. The van der Waals surface area contributed by atoms with Gasteiger partial charge in [-0.25, -0.2) is 4.79 Å². The van der Waals surface area contributed by atoms with Crippen molar-refractivity contribution >= 4 is 5.65 Å². The Kier molecular flexibility index (Phi) is 3.97. The smallest absolute Gasteiger partial charge is 0.370 e. The molecule has 0 bridgehead atoms. The van der Waals surface area contributed by atoms with Gasteiger partial charge in [0.25, 0.3) is 5.88 Å². The van der Waals surface area contributed by atoms with Crippen LogP contribution < -0.4 is 10.1 Å². The number of nitrogens with zero attached hydrogens (tertiary/aromatic N) is 3. The Labute approximate surface area is 150 Å². The number of hydrogen-bond acceptors (Lipinski definition) is 3. The van der Waals surface area contributed by atoms with Crippen molar-refractivity contribution in [1.29, 1.82) is 0 Å². The van der Waals surface area contributed by atoms with Crippen LogP contribution in [0.15, 0.2) is 77.6 Å². The van der Waals surface area contributed by atoms with Crippen molar-refractivity contribution in [2.45, 2.75) is 13.5 Å². The van der Waals surface area contributed by atoms with E-state index in [-0.39, 0.29) is 17.0 Å². The van der Waals surface area contributed by atoms with E-state index in [9.17, 15) is 9.90 Å². The lowest BCUT2D eigenvalue weighted by molar-refractivity contribution is -0.672. The second-order valence-corrected chi connectivity index (χ2v) is 6.18. The number of rotatable bonds is 3. The Bertz CT molecular complexity index is 1140. The summed E-state index contributed by atoms with van der Waals surface area (Å²) in [7, 11) is 0. The normalized spacial score (nSPS) is 11.0. The van der Waals surface area contributed by atoms with Crippen LogP contribution in [0.4, 0.5) is 0 Å². The summed E-state index contributed by atoms with van der Waals surface area (Å²) >= 11 is 0. The van der Waals surface area contributed by atoms with Crippen molar-refractivity contribution in [3.8, 4) is 17.1 Å². The second kappa shape index (κ2) is 6.44. The summed E-state index contributed by atoms with van der Waals surface area (Å²) in [5.41, 5.74) is 3.16. The molecule has 5 nitrogen and oxygen atoms in total. The molecule has 5 heteroatoms. The largest absolute Gasteiger partial charge is 0.477 e. The third kappa shape index (κ3) is 2.73. The molecule has 2 heterocycles. The van der Waals surface area contributed by atoms with Crippen LogP contribution in [0.1, 0.15) is 11.1 Å². The van der Waals surface area contributed by atoms with Crippen LogP contribution in [0.3, 0.4) is 0 Å². The molecule has 4 rings (SSSR count). The molecule has 4 aromatic rings. The van der Waals surface area contributed by atoms with E-state index in [1.165, 1.54) is 4.52 Å². The average molecular weight is 344 g/mol. The standard InChI is InChI=1S/C21H17N3O2/c1-15-20(25)23(14-16-8-4-2-5-9-16)19-13-12-18(22-24(19)21(15)26)17-10-6-3-7-11-17/h2-13H,14H2,1H3/p+1. The first-order chi connectivity index (χ1) is 12.6. The first kappa shape index (κ1) is 16.0. The lowest BCUT2D eigenvalue weighted by atomic mass is 10.1. The minimum absolute atomic E-state index is 0.0342. The van der Waals surface area contributed by atoms with Gasteiger partial charge in [-0.2, -0.15) is 4.57 Å². The van der Waals surface area contributed by atoms with Crippen molar-refractivity contribution in [2.24, 2.45) is 0 Å². The van der Waals surface area contributed by atoms with Crippen molar-refractivity contribution < 1.29 is 9.67 Å². The molecule has 0 fully saturated rings. The van der Waals surface area contributed by atoms with E-state index in [0.717, 1.165) is 11.1 Å². The molecule has 2 aromatic carbocycles. The molecular formula is C21H18N3O2+. The third-order valence-corrected chi connectivity index (χ3v) is 4.45. The van der Waals surface area contributed by atoms with Gasteiger partial charge < -0.3 is 5.11 Å². The number of aromatic hydroxyl groups is 1. The SMILES string of the molecule is Cc1c(O)[n+](Cc2ccccc2)c2ccc(-c3ccccc3)nn2c1=O. The maximum atomic E-state index is 12.7. The minimum Gasteiger partial charge on any atom is -0.477 e. The van der Waals surface area contributed by atoms with Gasteiger partial charge >= 0.3 is 11.2 Å². The van der Waals surface area contributed by atoms with E-state index in [2.05, 4.69) is 5.10 Å². The maximum absolute atomic E-state index is 12.7. The van der Waals surface area contributed by atoms with Gasteiger partial charge in [0, 0.05) is 11.6 Å². The maximum Gasteiger partial charge on any atom is 0.370 e. The zero-order valence-electron chi connectivity index (χ0n) is 14.3. The summed E-state index contributed by atoms with van der Waals surface area (Å²) in [5, 5.41) is 15.1.